The number of carbonyl (C=O) groups is 1. The van der Waals surface area contributed by atoms with Gasteiger partial charge in [-0.15, -0.1) is 0 Å². The number of hydrogen-bond donors (Lipinski definition) is 2. The maximum absolute atomic E-state index is 11.2. The van der Waals surface area contributed by atoms with Crippen LogP contribution in [0.4, 0.5) is 10.6 Å². The molecule has 0 aliphatic carbocycles. The molecule has 2 aromatic rings. The van der Waals surface area contributed by atoms with Crippen LogP contribution in [-0.4, -0.2) is 52.5 Å². The molecule has 3 rings (SSSR count). The maximum atomic E-state index is 11.2. The number of methoxy groups -OCH3 is 1. The van der Waals surface area contributed by atoms with Crippen LogP contribution < -0.4 is 10.2 Å². The van der Waals surface area contributed by atoms with E-state index < -0.39 is 6.09 Å². The molecule has 8 nitrogen and oxygen atoms in total. The van der Waals surface area contributed by atoms with Gasteiger partial charge in [-0.3, -0.25) is 5.10 Å². The molecule has 3 heterocycles. The minimum Gasteiger partial charge on any atom is -0.453 e. The van der Waals surface area contributed by atoms with Gasteiger partial charge in [0, 0.05) is 13.1 Å². The van der Waals surface area contributed by atoms with Gasteiger partial charge in [-0.25, -0.2) is 4.79 Å². The van der Waals surface area contributed by atoms with Gasteiger partial charge in [-0.05, 0) is 18.0 Å². The van der Waals surface area contributed by atoms with Crippen LogP contribution in [0, 0.1) is 0 Å². The van der Waals surface area contributed by atoms with Crippen LogP contribution in [0.25, 0.3) is 11.0 Å². The fourth-order valence-electron chi connectivity index (χ4n) is 2.33. The Morgan fingerprint density at radius 3 is 3.25 bits per heavy atom. The average Bonchev–Trinajstić information content (AvgIpc) is 3.06. The smallest absolute Gasteiger partial charge is 0.407 e. The predicted molar refractivity (Wildman–Crippen MR) is 72.9 cm³/mol. The Balaban J connectivity index is 1.82. The number of halogens is 1. The Hall–Kier alpha value is -2.09. The van der Waals surface area contributed by atoms with E-state index in [9.17, 15) is 4.79 Å². The van der Waals surface area contributed by atoms with Gasteiger partial charge in [-0.1, -0.05) is 0 Å². The minimum atomic E-state index is -0.425. The Morgan fingerprint density at radius 2 is 2.45 bits per heavy atom. The summed E-state index contributed by atoms with van der Waals surface area (Å²) in [6.07, 6.45) is 2.06. The molecule has 9 heteroatoms. The molecule has 1 aliphatic heterocycles. The molecular formula is C11H13ClN6O2. The lowest BCUT2D eigenvalue weighted by atomic mass is 10.3. The van der Waals surface area contributed by atoms with Crippen LogP contribution >= 0.6 is 11.6 Å². The van der Waals surface area contributed by atoms with Crippen molar-refractivity contribution in [1.29, 1.82) is 0 Å². The largest absolute Gasteiger partial charge is 0.453 e. The molecule has 1 atom stereocenters. The average molecular weight is 297 g/mol. The number of nitrogens with one attached hydrogen (secondary N) is 2. The van der Waals surface area contributed by atoms with Crippen LogP contribution in [0.1, 0.15) is 6.42 Å². The second-order valence-electron chi connectivity index (χ2n) is 4.52. The second kappa shape index (κ2) is 5.12. The molecule has 0 spiro atoms. The third kappa shape index (κ3) is 2.34. The van der Waals surface area contributed by atoms with Gasteiger partial charge in [-0.2, -0.15) is 15.1 Å². The van der Waals surface area contributed by atoms with Crippen molar-refractivity contribution >= 4 is 34.5 Å². The fraction of sp³-hybridized carbons (Fsp3) is 0.455. The normalized spacial score (nSPS) is 18.5. The van der Waals surface area contributed by atoms with E-state index in [1.54, 1.807) is 6.20 Å². The Labute approximate surface area is 119 Å². The molecule has 106 valence electrons. The molecule has 0 bridgehead atoms. The molecular weight excluding hydrogens is 284 g/mol. The van der Waals surface area contributed by atoms with E-state index in [2.05, 4.69) is 30.2 Å². The summed E-state index contributed by atoms with van der Waals surface area (Å²) in [5.74, 6) is 0.725. The number of ether oxygens (including phenoxy) is 1. The highest BCUT2D eigenvalue weighted by atomic mass is 35.5. The SMILES string of the molecule is COC(=O)NC1CCN(c2nc(Cl)nc3[nH]ncc23)C1. The van der Waals surface area contributed by atoms with E-state index in [0.29, 0.717) is 12.2 Å². The molecule has 1 unspecified atom stereocenters. The topological polar surface area (TPSA) is 96.0 Å². The molecule has 1 aliphatic rings. The second-order valence-corrected chi connectivity index (χ2v) is 4.85. The van der Waals surface area contributed by atoms with Crippen LogP contribution in [0.3, 0.4) is 0 Å². The van der Waals surface area contributed by atoms with Crippen molar-refractivity contribution in [2.45, 2.75) is 12.5 Å². The molecule has 2 aromatic heterocycles. The highest BCUT2D eigenvalue weighted by Crippen LogP contribution is 2.26. The van der Waals surface area contributed by atoms with E-state index in [1.807, 2.05) is 4.90 Å². The number of fused-ring (bicyclic) bond motifs is 1. The molecule has 1 saturated heterocycles. The number of nitrogens with zero attached hydrogens (tertiary/aromatic N) is 4. The van der Waals surface area contributed by atoms with E-state index >= 15 is 0 Å². The van der Waals surface area contributed by atoms with Crippen LogP contribution in [-0.2, 0) is 4.74 Å². The quantitative estimate of drug-likeness (QED) is 0.801. The third-order valence-corrected chi connectivity index (χ3v) is 3.43. The first-order valence-electron chi connectivity index (χ1n) is 6.13. The van der Waals surface area contributed by atoms with Gasteiger partial charge >= 0.3 is 6.09 Å². The van der Waals surface area contributed by atoms with Gasteiger partial charge in [0.25, 0.3) is 0 Å². The predicted octanol–water partition coefficient (Wildman–Crippen LogP) is 0.941. The van der Waals surface area contributed by atoms with E-state index in [0.717, 1.165) is 24.2 Å². The third-order valence-electron chi connectivity index (χ3n) is 3.26. The Bertz CT molecular complexity index is 645. The lowest BCUT2D eigenvalue weighted by Gasteiger charge is -2.18. The Kier molecular flexibility index (Phi) is 3.31. The maximum Gasteiger partial charge on any atom is 0.407 e. The van der Waals surface area contributed by atoms with E-state index in [1.165, 1.54) is 7.11 Å². The lowest BCUT2D eigenvalue weighted by molar-refractivity contribution is 0.167. The Morgan fingerprint density at radius 1 is 1.60 bits per heavy atom. The van der Waals surface area contributed by atoms with Crippen molar-refractivity contribution < 1.29 is 9.53 Å². The van der Waals surface area contributed by atoms with Crippen molar-refractivity contribution in [3.05, 3.63) is 11.5 Å². The van der Waals surface area contributed by atoms with E-state index in [-0.39, 0.29) is 11.3 Å². The zero-order valence-corrected chi connectivity index (χ0v) is 11.5. The highest BCUT2D eigenvalue weighted by molar-refractivity contribution is 6.28. The lowest BCUT2D eigenvalue weighted by Crippen LogP contribution is -2.37. The zero-order valence-electron chi connectivity index (χ0n) is 10.8. The number of amides is 1. The molecule has 0 saturated carbocycles. The first kappa shape index (κ1) is 12.9. The van der Waals surface area contributed by atoms with Gasteiger partial charge in [0.1, 0.15) is 5.82 Å². The van der Waals surface area contributed by atoms with Gasteiger partial charge in [0.05, 0.1) is 24.7 Å². The number of aromatic amines is 1. The van der Waals surface area contributed by atoms with Crippen LogP contribution in [0.15, 0.2) is 6.20 Å². The molecule has 1 fully saturated rings. The number of carbonyl (C=O) groups excluding carboxylic acids is 1. The highest BCUT2D eigenvalue weighted by Gasteiger charge is 2.27. The summed E-state index contributed by atoms with van der Waals surface area (Å²) in [6.45, 7) is 1.41. The summed E-state index contributed by atoms with van der Waals surface area (Å²) in [5.41, 5.74) is 0.601. The summed E-state index contributed by atoms with van der Waals surface area (Å²) >= 11 is 5.92. The molecule has 0 radical (unpaired) electrons. The first-order valence-corrected chi connectivity index (χ1v) is 6.51. The molecule has 1 amide bonds. The first-order chi connectivity index (χ1) is 9.67. The van der Waals surface area contributed by atoms with Crippen LogP contribution in [0.2, 0.25) is 5.28 Å². The van der Waals surface area contributed by atoms with E-state index in [4.69, 9.17) is 11.6 Å². The van der Waals surface area contributed by atoms with Gasteiger partial charge < -0.3 is 15.0 Å². The van der Waals surface area contributed by atoms with Crippen LogP contribution in [0.5, 0.6) is 0 Å². The van der Waals surface area contributed by atoms with Gasteiger partial charge in [0.15, 0.2) is 5.65 Å². The summed E-state index contributed by atoms with van der Waals surface area (Å²) in [5, 5.41) is 10.5. The number of H-pyrrole nitrogens is 1. The number of alkyl carbamates (subject to hydrolysis) is 1. The summed E-state index contributed by atoms with van der Waals surface area (Å²) < 4.78 is 4.60. The van der Waals surface area contributed by atoms with Gasteiger partial charge in [0.2, 0.25) is 5.28 Å². The summed E-state index contributed by atoms with van der Waals surface area (Å²) in [7, 11) is 1.35. The monoisotopic (exact) mass is 296 g/mol. The van der Waals surface area contributed by atoms with Crippen molar-refractivity contribution in [3.8, 4) is 0 Å². The number of hydrogen-bond acceptors (Lipinski definition) is 6. The summed E-state index contributed by atoms with van der Waals surface area (Å²) in [6, 6.07) is 0.0261. The fourth-order valence-corrected chi connectivity index (χ4v) is 2.49. The number of anilines is 1. The van der Waals surface area contributed by atoms with Crippen molar-refractivity contribution in [3.63, 3.8) is 0 Å². The zero-order chi connectivity index (χ0) is 14.1. The van der Waals surface area contributed by atoms with Crippen molar-refractivity contribution in [2.75, 3.05) is 25.1 Å². The molecule has 0 aromatic carbocycles. The van der Waals surface area contributed by atoms with Crippen molar-refractivity contribution in [2.24, 2.45) is 0 Å². The summed E-state index contributed by atoms with van der Waals surface area (Å²) in [4.78, 5) is 21.6. The number of aromatic nitrogens is 4. The minimum absolute atomic E-state index is 0.0261. The number of rotatable bonds is 2. The molecule has 20 heavy (non-hydrogen) atoms. The van der Waals surface area contributed by atoms with Crippen molar-refractivity contribution in [1.82, 2.24) is 25.5 Å². The standard InChI is InChI=1S/C11H13ClN6O2/c1-20-11(19)14-6-2-3-18(5-6)9-7-4-13-17-8(7)15-10(12)16-9/h4,6H,2-3,5H2,1H3,(H,14,19)(H,13,15,16,17). The molecule has 2 N–H and O–H groups in total.